The first-order chi connectivity index (χ1) is 19.8. The van der Waals surface area contributed by atoms with Crippen molar-refractivity contribution in [2.45, 2.75) is 88.4 Å². The molecule has 1 aromatic carbocycles. The number of para-hydroxylation sites is 1. The first-order valence-electron chi connectivity index (χ1n) is 14.5. The number of hydrogen-bond donors (Lipinski definition) is 8. The monoisotopic (exact) mass is 571 g/mol. The van der Waals surface area contributed by atoms with Crippen LogP contribution in [0, 0.1) is 0 Å². The number of amides is 3. The van der Waals surface area contributed by atoms with Crippen LogP contribution < -0.4 is 38.9 Å². The number of nitrogens with one attached hydrogen (secondary N) is 4. The fourth-order valence-electron chi connectivity index (χ4n) is 4.63. The largest absolute Gasteiger partial charge is 0.361 e. The minimum atomic E-state index is -0.911. The van der Waals surface area contributed by atoms with Crippen molar-refractivity contribution in [3.8, 4) is 0 Å². The van der Waals surface area contributed by atoms with Crippen molar-refractivity contribution < 1.29 is 19.2 Å². The lowest BCUT2D eigenvalue weighted by atomic mass is 10.0. The molecule has 0 aliphatic carbocycles. The summed E-state index contributed by atoms with van der Waals surface area (Å²) in [5, 5.41) is 9.21. The van der Waals surface area contributed by atoms with Gasteiger partial charge in [0.25, 0.3) is 0 Å². The van der Waals surface area contributed by atoms with Crippen LogP contribution in [0.4, 0.5) is 0 Å². The molecule has 0 aliphatic rings. The number of aromatic nitrogens is 1. The molecule has 12 nitrogen and oxygen atoms in total. The summed E-state index contributed by atoms with van der Waals surface area (Å²) in [6, 6.07) is 4.22. The van der Waals surface area contributed by atoms with E-state index in [1.165, 1.54) is 0 Å². The van der Waals surface area contributed by atoms with E-state index in [-0.39, 0.29) is 6.42 Å². The lowest BCUT2D eigenvalue weighted by Crippen LogP contribution is -2.56. The van der Waals surface area contributed by atoms with Crippen molar-refractivity contribution in [1.29, 1.82) is 0 Å². The summed E-state index contributed by atoms with van der Waals surface area (Å²) in [7, 11) is 0. The standard InChI is InChI=1S/C29H47N8O4/c30-14-6-3-9-21(19-38)35-28(40)25(12-4-7-15-31)37-29(41)26(13-5-8-16-32)36-27(39)23(33)17-20-18-34-24-11-2-1-10-22(20)24/h1-2,10-11,18,21,23,25-26,34H,3-9,12-17,30-33H2,(H,35,40)(H,36,39)(H,37,41)/t21-,23-,25-,26-/m0/s1. The summed E-state index contributed by atoms with van der Waals surface area (Å²) in [5.74, 6) is -1.46. The van der Waals surface area contributed by atoms with Crippen molar-refractivity contribution in [1.82, 2.24) is 20.9 Å². The normalized spacial score (nSPS) is 14.1. The molecule has 2 aromatic rings. The Labute approximate surface area is 242 Å². The van der Waals surface area contributed by atoms with Gasteiger partial charge in [-0.25, -0.2) is 0 Å². The van der Waals surface area contributed by atoms with Crippen LogP contribution >= 0.6 is 0 Å². The van der Waals surface area contributed by atoms with Gasteiger partial charge in [0.2, 0.25) is 24.0 Å². The highest BCUT2D eigenvalue weighted by atomic mass is 16.2. The molecule has 12 heteroatoms. The van der Waals surface area contributed by atoms with Crippen molar-refractivity contribution in [3.05, 3.63) is 36.0 Å². The van der Waals surface area contributed by atoms with Gasteiger partial charge in [0.05, 0.1) is 12.1 Å². The molecule has 0 bridgehead atoms. The van der Waals surface area contributed by atoms with E-state index in [0.717, 1.165) is 22.9 Å². The number of H-pyrrole nitrogens is 1. The smallest absolute Gasteiger partial charge is 0.243 e. The van der Waals surface area contributed by atoms with Crippen LogP contribution in [0.15, 0.2) is 30.5 Å². The topological polar surface area (TPSA) is 224 Å². The van der Waals surface area contributed by atoms with Crippen molar-refractivity contribution in [3.63, 3.8) is 0 Å². The molecule has 0 unspecified atom stereocenters. The fourth-order valence-corrected chi connectivity index (χ4v) is 4.63. The SMILES string of the molecule is NCCCC[C@@H]([C]=O)NC(=O)[C@H](CCCCN)NC(=O)[C@H](CCCCN)NC(=O)[C@@H](N)Cc1c[nH]c2ccccc12. The van der Waals surface area contributed by atoms with Gasteiger partial charge in [-0.3, -0.25) is 19.2 Å². The van der Waals surface area contributed by atoms with Crippen LogP contribution in [0.2, 0.25) is 0 Å². The summed E-state index contributed by atoms with van der Waals surface area (Å²) in [5.41, 5.74) is 24.9. The molecule has 227 valence electrons. The molecule has 0 fully saturated rings. The van der Waals surface area contributed by atoms with Gasteiger partial charge in [0.1, 0.15) is 12.1 Å². The van der Waals surface area contributed by atoms with Gasteiger partial charge in [-0.15, -0.1) is 0 Å². The number of rotatable bonds is 21. The molecule has 1 heterocycles. The molecular formula is C29H47N8O4. The number of hydrogen-bond acceptors (Lipinski definition) is 8. The van der Waals surface area contributed by atoms with Gasteiger partial charge < -0.3 is 43.9 Å². The molecule has 0 aliphatic heterocycles. The number of fused-ring (bicyclic) bond motifs is 1. The Hall–Kier alpha value is -3.32. The third-order valence-corrected chi connectivity index (χ3v) is 7.02. The van der Waals surface area contributed by atoms with Crippen molar-refractivity contribution in [2.24, 2.45) is 22.9 Å². The maximum absolute atomic E-state index is 13.4. The number of unbranched alkanes of at least 4 members (excludes halogenated alkanes) is 3. The summed E-state index contributed by atoms with van der Waals surface area (Å²) in [4.78, 5) is 54.2. The quantitative estimate of drug-likeness (QED) is 0.0949. The van der Waals surface area contributed by atoms with E-state index in [0.29, 0.717) is 71.0 Å². The van der Waals surface area contributed by atoms with Crippen molar-refractivity contribution >= 4 is 34.9 Å². The second kappa shape index (κ2) is 18.9. The Morgan fingerprint density at radius 3 is 1.88 bits per heavy atom. The Bertz CT molecular complexity index is 1090. The second-order valence-corrected chi connectivity index (χ2v) is 10.3. The predicted molar refractivity (Wildman–Crippen MR) is 160 cm³/mol. The molecule has 41 heavy (non-hydrogen) atoms. The minimum absolute atomic E-state index is 0.283. The first kappa shape index (κ1) is 33.9. The van der Waals surface area contributed by atoms with Gasteiger partial charge in [-0.05, 0) is 95.5 Å². The van der Waals surface area contributed by atoms with E-state index in [9.17, 15) is 19.2 Å². The summed E-state index contributed by atoms with van der Waals surface area (Å²) < 4.78 is 0. The number of benzene rings is 1. The maximum Gasteiger partial charge on any atom is 0.243 e. The molecule has 1 aromatic heterocycles. The molecule has 0 saturated carbocycles. The Kier molecular flexibility index (Phi) is 15.6. The molecule has 12 N–H and O–H groups in total. The predicted octanol–water partition coefficient (Wildman–Crippen LogP) is -0.0112. The minimum Gasteiger partial charge on any atom is -0.361 e. The van der Waals surface area contributed by atoms with Crippen LogP contribution in [0.3, 0.4) is 0 Å². The number of aromatic amines is 1. The second-order valence-electron chi connectivity index (χ2n) is 10.3. The average Bonchev–Trinajstić information content (AvgIpc) is 3.38. The summed E-state index contributed by atoms with van der Waals surface area (Å²) in [6.07, 6.45) is 8.93. The zero-order valence-corrected chi connectivity index (χ0v) is 23.8. The van der Waals surface area contributed by atoms with Crippen molar-refractivity contribution in [2.75, 3.05) is 19.6 Å². The molecule has 1 radical (unpaired) electrons. The summed E-state index contributed by atoms with van der Waals surface area (Å²) >= 11 is 0. The highest BCUT2D eigenvalue weighted by Crippen LogP contribution is 2.19. The van der Waals surface area contributed by atoms with Gasteiger partial charge >= 0.3 is 0 Å². The van der Waals surface area contributed by atoms with Crippen LogP contribution in [0.1, 0.15) is 63.4 Å². The van der Waals surface area contributed by atoms with E-state index < -0.39 is 41.9 Å². The molecule has 0 spiro atoms. The van der Waals surface area contributed by atoms with Gasteiger partial charge in [0, 0.05) is 17.1 Å². The van der Waals surface area contributed by atoms with Crippen LogP contribution in [-0.4, -0.2) is 72.8 Å². The van der Waals surface area contributed by atoms with Gasteiger partial charge in [0.15, 0.2) is 0 Å². The third-order valence-electron chi connectivity index (χ3n) is 7.02. The number of carbonyl (C=O) groups is 3. The lowest BCUT2D eigenvalue weighted by Gasteiger charge is -2.25. The number of nitrogens with two attached hydrogens (primary N) is 4. The Morgan fingerprint density at radius 2 is 1.29 bits per heavy atom. The molecule has 2 rings (SSSR count). The zero-order valence-electron chi connectivity index (χ0n) is 23.8. The Balaban J connectivity index is 2.09. The van der Waals surface area contributed by atoms with Crippen LogP contribution in [0.5, 0.6) is 0 Å². The van der Waals surface area contributed by atoms with E-state index in [4.69, 9.17) is 22.9 Å². The molecule has 3 amide bonds. The highest BCUT2D eigenvalue weighted by molar-refractivity contribution is 5.94. The van der Waals surface area contributed by atoms with E-state index >= 15 is 0 Å². The fraction of sp³-hybridized carbons (Fsp3) is 0.586. The Morgan fingerprint density at radius 1 is 0.756 bits per heavy atom. The van der Waals surface area contributed by atoms with E-state index in [1.807, 2.05) is 36.7 Å². The maximum atomic E-state index is 13.4. The number of carbonyl (C=O) groups excluding carboxylic acids is 4. The highest BCUT2D eigenvalue weighted by Gasteiger charge is 2.29. The third kappa shape index (κ3) is 11.6. The molecule has 4 atom stereocenters. The summed E-state index contributed by atoms with van der Waals surface area (Å²) in [6.45, 7) is 1.37. The lowest BCUT2D eigenvalue weighted by molar-refractivity contribution is -0.132. The molecular weight excluding hydrogens is 524 g/mol. The molecule has 0 saturated heterocycles. The van der Waals surface area contributed by atoms with Gasteiger partial charge in [-0.1, -0.05) is 18.2 Å². The average molecular weight is 572 g/mol. The first-order valence-corrected chi connectivity index (χ1v) is 14.5. The zero-order chi connectivity index (χ0) is 30.0. The van der Waals surface area contributed by atoms with Crippen LogP contribution in [0.25, 0.3) is 10.9 Å². The van der Waals surface area contributed by atoms with E-state index in [1.54, 1.807) is 0 Å². The van der Waals surface area contributed by atoms with E-state index in [2.05, 4.69) is 20.9 Å². The van der Waals surface area contributed by atoms with Gasteiger partial charge in [-0.2, -0.15) is 0 Å². The van der Waals surface area contributed by atoms with Crippen LogP contribution in [-0.2, 0) is 25.6 Å².